The van der Waals surface area contributed by atoms with Gasteiger partial charge in [0, 0.05) is 6.42 Å². The summed E-state index contributed by atoms with van der Waals surface area (Å²) >= 11 is 0. The molecule has 0 aliphatic carbocycles. The molecule has 2 aliphatic rings. The van der Waals surface area contributed by atoms with Crippen molar-refractivity contribution in [2.24, 2.45) is 5.10 Å². The van der Waals surface area contributed by atoms with Crippen LogP contribution in [0.4, 0.5) is 0 Å². The highest BCUT2D eigenvalue weighted by Gasteiger charge is 2.34. The predicted molar refractivity (Wildman–Crippen MR) is 115 cm³/mol. The number of ether oxygens (including phenoxy) is 1. The van der Waals surface area contributed by atoms with Crippen molar-refractivity contribution >= 4 is 11.6 Å². The van der Waals surface area contributed by atoms with Crippen LogP contribution in [0.1, 0.15) is 48.4 Å². The third-order valence-corrected chi connectivity index (χ3v) is 5.80. The molecule has 1 fully saturated rings. The van der Waals surface area contributed by atoms with Crippen LogP contribution >= 0.6 is 0 Å². The average molecular weight is 392 g/mol. The molecule has 29 heavy (non-hydrogen) atoms. The first-order valence-electron chi connectivity index (χ1n) is 10.5. The highest BCUT2D eigenvalue weighted by atomic mass is 16.5. The highest BCUT2D eigenvalue weighted by Crippen LogP contribution is 2.34. The summed E-state index contributed by atoms with van der Waals surface area (Å²) in [6.07, 6.45) is 4.31. The quantitative estimate of drug-likeness (QED) is 0.769. The number of methoxy groups -OCH3 is 1. The summed E-state index contributed by atoms with van der Waals surface area (Å²) < 4.78 is 5.41. The molecule has 0 aromatic heterocycles. The molecular weight excluding hydrogens is 362 g/mol. The van der Waals surface area contributed by atoms with E-state index >= 15 is 0 Å². The molecule has 0 N–H and O–H groups in total. The molecule has 5 heteroatoms. The standard InChI is InChI=1S/C24H29N3O2/c1-18-8-6-9-19(14-18)22-16-23(20-10-7-11-21(15-20)29-2)27(25-22)24(28)17-26-12-4-3-5-13-26/h6-11,14-15,23H,3-5,12-13,16-17H2,1-2H3. The Balaban J connectivity index is 1.62. The van der Waals surface area contributed by atoms with E-state index in [1.807, 2.05) is 24.3 Å². The van der Waals surface area contributed by atoms with E-state index in [2.05, 4.69) is 36.1 Å². The molecule has 152 valence electrons. The van der Waals surface area contributed by atoms with Crippen LogP contribution in [0, 0.1) is 6.92 Å². The van der Waals surface area contributed by atoms with Gasteiger partial charge in [-0.25, -0.2) is 5.01 Å². The number of rotatable bonds is 5. The first-order valence-corrected chi connectivity index (χ1v) is 10.5. The van der Waals surface area contributed by atoms with Gasteiger partial charge in [0.25, 0.3) is 5.91 Å². The molecule has 0 spiro atoms. The molecule has 0 bridgehead atoms. The van der Waals surface area contributed by atoms with Crippen molar-refractivity contribution in [1.29, 1.82) is 0 Å². The van der Waals surface area contributed by atoms with Gasteiger partial charge in [-0.1, -0.05) is 48.4 Å². The number of nitrogens with zero attached hydrogens (tertiary/aromatic N) is 3. The summed E-state index contributed by atoms with van der Waals surface area (Å²) in [6, 6.07) is 16.2. The number of piperidine rings is 1. The van der Waals surface area contributed by atoms with Gasteiger partial charge in [0.2, 0.25) is 0 Å². The van der Waals surface area contributed by atoms with E-state index in [9.17, 15) is 4.79 Å². The SMILES string of the molecule is COc1cccc(C2CC(c3cccc(C)c3)=NN2C(=O)CN2CCCCC2)c1. The summed E-state index contributed by atoms with van der Waals surface area (Å²) in [5.41, 5.74) is 4.31. The van der Waals surface area contributed by atoms with Gasteiger partial charge in [-0.05, 0) is 56.1 Å². The Bertz CT molecular complexity index is 903. The van der Waals surface area contributed by atoms with Gasteiger partial charge in [0.05, 0.1) is 25.4 Å². The zero-order chi connectivity index (χ0) is 20.2. The first-order chi connectivity index (χ1) is 14.1. The van der Waals surface area contributed by atoms with Crippen molar-refractivity contribution in [2.45, 2.75) is 38.6 Å². The van der Waals surface area contributed by atoms with Gasteiger partial charge in [0.1, 0.15) is 5.75 Å². The van der Waals surface area contributed by atoms with Crippen LogP contribution in [0.15, 0.2) is 53.6 Å². The normalized spacial score (nSPS) is 19.9. The minimum Gasteiger partial charge on any atom is -0.497 e. The maximum atomic E-state index is 13.2. The number of hydrogen-bond acceptors (Lipinski definition) is 4. The summed E-state index contributed by atoms with van der Waals surface area (Å²) in [5.74, 6) is 0.873. The molecule has 2 aromatic rings. The van der Waals surface area contributed by atoms with Crippen molar-refractivity contribution in [1.82, 2.24) is 9.91 Å². The fourth-order valence-corrected chi connectivity index (χ4v) is 4.23. The molecule has 2 heterocycles. The number of carbonyl (C=O) groups is 1. The Morgan fingerprint density at radius 1 is 1.10 bits per heavy atom. The number of aryl methyl sites for hydroxylation is 1. The Kier molecular flexibility index (Phi) is 5.95. The first kappa shape index (κ1) is 19.6. The second-order valence-corrected chi connectivity index (χ2v) is 7.99. The van der Waals surface area contributed by atoms with Crippen LogP contribution in [0.5, 0.6) is 5.75 Å². The van der Waals surface area contributed by atoms with E-state index in [0.29, 0.717) is 13.0 Å². The predicted octanol–water partition coefficient (Wildman–Crippen LogP) is 4.17. The molecule has 1 unspecified atom stereocenters. The Morgan fingerprint density at radius 2 is 1.90 bits per heavy atom. The molecule has 0 radical (unpaired) electrons. The van der Waals surface area contributed by atoms with Crippen molar-refractivity contribution in [3.05, 3.63) is 65.2 Å². The largest absolute Gasteiger partial charge is 0.497 e. The molecule has 1 saturated heterocycles. The molecule has 4 rings (SSSR count). The van der Waals surface area contributed by atoms with Gasteiger partial charge in [-0.2, -0.15) is 5.10 Å². The number of likely N-dealkylation sites (tertiary alicyclic amines) is 1. The topological polar surface area (TPSA) is 45.1 Å². The smallest absolute Gasteiger partial charge is 0.257 e. The summed E-state index contributed by atoms with van der Waals surface area (Å²) in [5, 5.41) is 6.52. The minimum absolute atomic E-state index is 0.0716. The van der Waals surface area contributed by atoms with Gasteiger partial charge < -0.3 is 4.74 Å². The van der Waals surface area contributed by atoms with Crippen molar-refractivity contribution in [3.8, 4) is 5.75 Å². The van der Waals surface area contributed by atoms with E-state index in [1.54, 1.807) is 12.1 Å². The van der Waals surface area contributed by atoms with Crippen LogP contribution in [-0.4, -0.2) is 48.3 Å². The molecule has 5 nitrogen and oxygen atoms in total. The molecule has 2 aromatic carbocycles. The van der Waals surface area contributed by atoms with Crippen molar-refractivity contribution in [3.63, 3.8) is 0 Å². The molecule has 2 aliphatic heterocycles. The van der Waals surface area contributed by atoms with E-state index in [1.165, 1.54) is 24.8 Å². The number of hydrogen-bond donors (Lipinski definition) is 0. The van der Waals surface area contributed by atoms with Crippen LogP contribution < -0.4 is 4.74 Å². The lowest BCUT2D eigenvalue weighted by Gasteiger charge is -2.29. The van der Waals surface area contributed by atoms with Gasteiger partial charge in [0.15, 0.2) is 0 Å². The van der Waals surface area contributed by atoms with E-state index in [4.69, 9.17) is 9.84 Å². The maximum absolute atomic E-state index is 13.2. The Hall–Kier alpha value is -2.66. The second kappa shape index (κ2) is 8.78. The van der Waals surface area contributed by atoms with Crippen LogP contribution in [-0.2, 0) is 4.79 Å². The Morgan fingerprint density at radius 3 is 2.66 bits per heavy atom. The van der Waals surface area contributed by atoms with Crippen molar-refractivity contribution < 1.29 is 9.53 Å². The number of amides is 1. The average Bonchev–Trinajstić information content (AvgIpc) is 3.20. The number of carbonyl (C=O) groups excluding carboxylic acids is 1. The molecule has 0 saturated carbocycles. The number of hydrazone groups is 1. The zero-order valence-electron chi connectivity index (χ0n) is 17.3. The lowest BCUT2D eigenvalue weighted by molar-refractivity contribution is -0.134. The monoisotopic (exact) mass is 391 g/mol. The van der Waals surface area contributed by atoms with E-state index < -0.39 is 0 Å². The van der Waals surface area contributed by atoms with Crippen LogP contribution in [0.25, 0.3) is 0 Å². The fourth-order valence-electron chi connectivity index (χ4n) is 4.23. The highest BCUT2D eigenvalue weighted by molar-refractivity contribution is 6.03. The number of benzene rings is 2. The summed E-state index contributed by atoms with van der Waals surface area (Å²) in [6.45, 7) is 4.51. The molecule has 1 atom stereocenters. The third kappa shape index (κ3) is 4.51. The fraction of sp³-hybridized carbons (Fsp3) is 0.417. The summed E-state index contributed by atoms with van der Waals surface area (Å²) in [7, 11) is 1.67. The second-order valence-electron chi connectivity index (χ2n) is 7.99. The zero-order valence-corrected chi connectivity index (χ0v) is 17.3. The minimum atomic E-state index is -0.0992. The van der Waals surface area contributed by atoms with Gasteiger partial charge in [-0.3, -0.25) is 9.69 Å². The van der Waals surface area contributed by atoms with Crippen LogP contribution in [0.3, 0.4) is 0 Å². The van der Waals surface area contributed by atoms with Gasteiger partial charge in [-0.15, -0.1) is 0 Å². The van der Waals surface area contributed by atoms with Crippen molar-refractivity contribution in [2.75, 3.05) is 26.7 Å². The lowest BCUT2D eigenvalue weighted by Crippen LogP contribution is -2.40. The van der Waals surface area contributed by atoms with E-state index in [0.717, 1.165) is 35.7 Å². The Labute approximate surface area is 173 Å². The molecule has 1 amide bonds. The lowest BCUT2D eigenvalue weighted by atomic mass is 9.97. The maximum Gasteiger partial charge on any atom is 0.257 e. The summed E-state index contributed by atoms with van der Waals surface area (Å²) in [4.78, 5) is 15.5. The van der Waals surface area contributed by atoms with Crippen LogP contribution in [0.2, 0.25) is 0 Å². The molecular formula is C24H29N3O2. The van der Waals surface area contributed by atoms with E-state index in [-0.39, 0.29) is 11.9 Å². The van der Waals surface area contributed by atoms with Gasteiger partial charge >= 0.3 is 0 Å². The third-order valence-electron chi connectivity index (χ3n) is 5.80.